The van der Waals surface area contributed by atoms with E-state index in [1.807, 2.05) is 46.4 Å². The van der Waals surface area contributed by atoms with Crippen molar-refractivity contribution in [2.75, 3.05) is 10.2 Å². The van der Waals surface area contributed by atoms with Crippen molar-refractivity contribution >= 4 is 28.8 Å². The number of hydrogen-bond acceptors (Lipinski definition) is 4. The Morgan fingerprint density at radius 3 is 2.26 bits per heavy atom. The molecule has 2 heterocycles. The van der Waals surface area contributed by atoms with Crippen molar-refractivity contribution in [2.24, 2.45) is 11.0 Å². The highest BCUT2D eigenvalue weighted by Crippen LogP contribution is 2.39. The summed E-state index contributed by atoms with van der Waals surface area (Å²) in [6.07, 6.45) is 13.3. The SMILES string of the molecule is O=C1N(c2ccc(NCc3ncc[nH]3)cc2)c2ccccc2C(C2CCCCC2)=NN1C1CCc2ccccc2CC1. The molecule has 7 heteroatoms. The summed E-state index contributed by atoms with van der Waals surface area (Å²) in [6.45, 7) is 0.605. The summed E-state index contributed by atoms with van der Waals surface area (Å²) in [5, 5.41) is 10.6. The molecule has 0 atom stereocenters. The predicted molar refractivity (Wildman–Crippen MR) is 168 cm³/mol. The Hall–Kier alpha value is -4.39. The maximum absolute atomic E-state index is 14.7. The van der Waals surface area contributed by atoms with E-state index in [1.54, 1.807) is 6.20 Å². The van der Waals surface area contributed by atoms with Gasteiger partial charge in [-0.2, -0.15) is 5.10 Å². The number of aromatic amines is 1. The highest BCUT2D eigenvalue weighted by atomic mass is 16.2. The number of benzene rings is 3. The summed E-state index contributed by atoms with van der Waals surface area (Å²) in [7, 11) is 0. The summed E-state index contributed by atoms with van der Waals surface area (Å²) >= 11 is 0. The number of fused-ring (bicyclic) bond motifs is 2. The van der Waals surface area contributed by atoms with Crippen LogP contribution in [-0.2, 0) is 19.4 Å². The van der Waals surface area contributed by atoms with Crippen molar-refractivity contribution in [1.29, 1.82) is 0 Å². The Kier molecular flexibility index (Phi) is 7.47. The van der Waals surface area contributed by atoms with E-state index >= 15 is 0 Å². The number of hydrazone groups is 1. The number of rotatable bonds is 6. The molecule has 0 radical (unpaired) electrons. The fourth-order valence-electron chi connectivity index (χ4n) is 6.86. The largest absolute Gasteiger partial charge is 0.378 e. The second-order valence-corrected chi connectivity index (χ2v) is 11.7. The summed E-state index contributed by atoms with van der Waals surface area (Å²) < 4.78 is 0. The molecule has 4 aromatic rings. The number of carbonyl (C=O) groups excluding carboxylic acids is 1. The van der Waals surface area contributed by atoms with Crippen LogP contribution in [0.25, 0.3) is 0 Å². The van der Waals surface area contributed by atoms with Gasteiger partial charge in [0.15, 0.2) is 0 Å². The van der Waals surface area contributed by atoms with Gasteiger partial charge in [0.1, 0.15) is 5.82 Å². The zero-order valence-electron chi connectivity index (χ0n) is 24.0. The molecule has 1 fully saturated rings. The normalized spacial score (nSPS) is 18.1. The summed E-state index contributed by atoms with van der Waals surface area (Å²) in [4.78, 5) is 24.0. The smallest absolute Gasteiger partial charge is 0.349 e. The van der Waals surface area contributed by atoms with Crippen LogP contribution in [0.2, 0.25) is 0 Å². The van der Waals surface area contributed by atoms with Crippen LogP contribution in [0.3, 0.4) is 0 Å². The van der Waals surface area contributed by atoms with Gasteiger partial charge in [-0.25, -0.2) is 14.8 Å². The Morgan fingerprint density at radius 1 is 0.833 bits per heavy atom. The molecule has 7 rings (SSSR count). The minimum Gasteiger partial charge on any atom is -0.378 e. The van der Waals surface area contributed by atoms with Crippen LogP contribution >= 0.6 is 0 Å². The van der Waals surface area contributed by atoms with E-state index in [9.17, 15) is 4.79 Å². The van der Waals surface area contributed by atoms with Crippen LogP contribution in [-0.4, -0.2) is 32.8 Å². The van der Waals surface area contributed by atoms with E-state index in [2.05, 4.69) is 57.7 Å². The van der Waals surface area contributed by atoms with E-state index in [0.717, 1.165) is 72.7 Å². The quantitative estimate of drug-likeness (QED) is 0.237. The lowest BCUT2D eigenvalue weighted by Gasteiger charge is -2.31. The molecule has 2 N–H and O–H groups in total. The van der Waals surface area contributed by atoms with E-state index < -0.39 is 0 Å². The maximum Gasteiger partial charge on any atom is 0.349 e. The van der Waals surface area contributed by atoms with Gasteiger partial charge in [-0.05, 0) is 80.0 Å². The van der Waals surface area contributed by atoms with Crippen LogP contribution < -0.4 is 10.2 Å². The van der Waals surface area contributed by atoms with Gasteiger partial charge in [0.25, 0.3) is 0 Å². The molecule has 0 unspecified atom stereocenters. The molecule has 1 saturated carbocycles. The first kappa shape index (κ1) is 26.5. The predicted octanol–water partition coefficient (Wildman–Crippen LogP) is 7.83. The van der Waals surface area contributed by atoms with Gasteiger partial charge < -0.3 is 10.3 Å². The zero-order chi connectivity index (χ0) is 28.3. The lowest BCUT2D eigenvalue weighted by atomic mass is 9.83. The first-order valence-electron chi connectivity index (χ1n) is 15.4. The number of aromatic nitrogens is 2. The van der Waals surface area contributed by atoms with Crippen molar-refractivity contribution < 1.29 is 4.79 Å². The van der Waals surface area contributed by atoms with Crippen LogP contribution in [0.4, 0.5) is 21.9 Å². The van der Waals surface area contributed by atoms with Gasteiger partial charge in [0, 0.05) is 29.6 Å². The Morgan fingerprint density at radius 2 is 1.55 bits per heavy atom. The molecule has 2 aliphatic carbocycles. The van der Waals surface area contributed by atoms with E-state index in [0.29, 0.717) is 12.5 Å². The second-order valence-electron chi connectivity index (χ2n) is 11.7. The van der Waals surface area contributed by atoms with Gasteiger partial charge in [-0.3, -0.25) is 4.90 Å². The molecule has 214 valence electrons. The molecule has 1 aromatic heterocycles. The van der Waals surface area contributed by atoms with Gasteiger partial charge in [0.2, 0.25) is 0 Å². The second kappa shape index (κ2) is 11.8. The van der Waals surface area contributed by atoms with Gasteiger partial charge in [-0.15, -0.1) is 0 Å². The van der Waals surface area contributed by atoms with Crippen molar-refractivity contribution in [3.63, 3.8) is 0 Å². The number of carbonyl (C=O) groups is 1. The number of imidazole rings is 1. The zero-order valence-corrected chi connectivity index (χ0v) is 24.0. The number of aryl methyl sites for hydroxylation is 2. The van der Waals surface area contributed by atoms with Crippen LogP contribution in [0.5, 0.6) is 0 Å². The van der Waals surface area contributed by atoms with Crippen LogP contribution in [0.1, 0.15) is 67.5 Å². The lowest BCUT2D eigenvalue weighted by Crippen LogP contribution is -2.43. The molecule has 2 amide bonds. The topological polar surface area (TPSA) is 76.6 Å². The number of amides is 2. The highest BCUT2D eigenvalue weighted by Gasteiger charge is 2.37. The molecular formula is C35H38N6O. The number of nitrogens with zero attached hydrogens (tertiary/aromatic N) is 4. The first-order valence-corrected chi connectivity index (χ1v) is 15.4. The van der Waals surface area contributed by atoms with Crippen LogP contribution in [0, 0.1) is 5.92 Å². The monoisotopic (exact) mass is 558 g/mol. The average Bonchev–Trinajstić information content (AvgIpc) is 3.43. The van der Waals surface area contributed by atoms with Crippen molar-refractivity contribution in [3.8, 4) is 0 Å². The Balaban J connectivity index is 1.25. The summed E-state index contributed by atoms with van der Waals surface area (Å²) in [6, 6.07) is 25.2. The third kappa shape index (κ3) is 5.31. The average molecular weight is 559 g/mol. The van der Waals surface area contributed by atoms with E-state index in [1.165, 1.54) is 30.4 Å². The van der Waals surface area contributed by atoms with Crippen molar-refractivity contribution in [1.82, 2.24) is 15.0 Å². The lowest BCUT2D eigenvalue weighted by molar-refractivity contribution is 0.179. The minimum atomic E-state index is -0.0690. The molecule has 0 saturated heterocycles. The summed E-state index contributed by atoms with van der Waals surface area (Å²) in [5.41, 5.74) is 7.70. The Labute approximate surface area is 247 Å². The minimum absolute atomic E-state index is 0.0366. The standard InChI is InChI=1S/C35H38N6O/c42-35-40(29-20-16-28(17-21-29)38-24-33-36-22-23-37-33)32-13-7-6-12-31(32)34(27-10-2-1-3-11-27)39-41(35)30-18-14-25-8-4-5-9-26(25)15-19-30/h4-9,12-13,16-17,20-23,27,30,38H,1-3,10-11,14-15,18-19,24H2,(H,36,37). The van der Waals surface area contributed by atoms with Crippen molar-refractivity contribution in [3.05, 3.63) is 108 Å². The molecule has 0 spiro atoms. The summed E-state index contributed by atoms with van der Waals surface area (Å²) in [5.74, 6) is 1.25. The van der Waals surface area contributed by atoms with E-state index in [-0.39, 0.29) is 12.1 Å². The van der Waals surface area contributed by atoms with Gasteiger partial charge in [0.05, 0.1) is 29.7 Å². The van der Waals surface area contributed by atoms with Crippen molar-refractivity contribution in [2.45, 2.75) is 70.4 Å². The van der Waals surface area contributed by atoms with Crippen LogP contribution in [0.15, 0.2) is 90.3 Å². The molecule has 3 aliphatic rings. The number of H-pyrrole nitrogens is 1. The highest BCUT2D eigenvalue weighted by molar-refractivity contribution is 6.13. The molecule has 0 bridgehead atoms. The number of hydrogen-bond donors (Lipinski definition) is 2. The number of nitrogens with one attached hydrogen (secondary N) is 2. The fourth-order valence-corrected chi connectivity index (χ4v) is 6.86. The molecule has 3 aromatic carbocycles. The first-order chi connectivity index (χ1) is 20.7. The number of anilines is 3. The number of para-hydroxylation sites is 1. The van der Waals surface area contributed by atoms with Gasteiger partial charge >= 0.3 is 6.03 Å². The number of urea groups is 1. The Bertz CT molecular complexity index is 1530. The third-order valence-corrected chi connectivity index (χ3v) is 9.11. The fraction of sp³-hybridized carbons (Fsp3) is 0.343. The molecule has 42 heavy (non-hydrogen) atoms. The third-order valence-electron chi connectivity index (χ3n) is 9.11. The maximum atomic E-state index is 14.7. The van der Waals surface area contributed by atoms with E-state index in [4.69, 9.17) is 5.10 Å². The molecule has 1 aliphatic heterocycles. The molecule has 7 nitrogen and oxygen atoms in total. The molecular weight excluding hydrogens is 520 g/mol. The van der Waals surface area contributed by atoms with Gasteiger partial charge in [-0.1, -0.05) is 61.7 Å².